The van der Waals surface area contributed by atoms with Gasteiger partial charge in [-0.05, 0) is 31.2 Å². The quantitative estimate of drug-likeness (QED) is 0.341. The summed E-state index contributed by atoms with van der Waals surface area (Å²) in [6.45, 7) is 1.72. The fourth-order valence-corrected chi connectivity index (χ4v) is 5.92. The number of carbonyl (C=O) groups excluding carboxylic acids is 3. The summed E-state index contributed by atoms with van der Waals surface area (Å²) in [5, 5.41) is 11.9. The third-order valence-electron chi connectivity index (χ3n) is 6.75. The number of piperazine rings is 1. The van der Waals surface area contributed by atoms with Crippen molar-refractivity contribution >= 4 is 35.5 Å². The van der Waals surface area contributed by atoms with Gasteiger partial charge in [-0.1, -0.05) is 42.3 Å². The molecule has 10 nitrogen and oxygen atoms in total. The number of carbonyl (C=O) groups is 4. The molecule has 4 N–H and O–H groups in total. The van der Waals surface area contributed by atoms with Crippen molar-refractivity contribution in [1.82, 2.24) is 19.4 Å². The molecule has 1 aromatic rings. The van der Waals surface area contributed by atoms with Crippen molar-refractivity contribution in [2.45, 2.75) is 55.7 Å². The number of carboxylic acid groups (broad SMARTS) is 1. The van der Waals surface area contributed by atoms with Crippen LogP contribution < -0.4 is 11.1 Å². The topological polar surface area (TPSA) is 136 Å². The van der Waals surface area contributed by atoms with Crippen LogP contribution in [0.4, 0.5) is 0 Å². The van der Waals surface area contributed by atoms with E-state index >= 15 is 0 Å². The molecule has 3 unspecified atom stereocenters. The van der Waals surface area contributed by atoms with Gasteiger partial charge >= 0.3 is 5.97 Å². The predicted octanol–water partition coefficient (Wildman–Crippen LogP) is 0.0291. The minimum Gasteiger partial charge on any atom is -0.475 e. The molecule has 3 saturated heterocycles. The lowest BCUT2D eigenvalue weighted by atomic mass is 10.0. The molecule has 0 spiro atoms. The first-order chi connectivity index (χ1) is 16.3. The highest BCUT2D eigenvalue weighted by Gasteiger charge is 2.46. The van der Waals surface area contributed by atoms with Gasteiger partial charge in [0.1, 0.15) is 6.04 Å². The molecule has 3 aliphatic rings. The van der Waals surface area contributed by atoms with Gasteiger partial charge in [0.15, 0.2) is 6.17 Å². The largest absolute Gasteiger partial charge is 0.475 e. The lowest BCUT2D eigenvalue weighted by Gasteiger charge is -2.39. The number of hydrogen-bond donors (Lipinski definition) is 3. The first-order valence-corrected chi connectivity index (χ1v) is 12.6. The van der Waals surface area contributed by atoms with Crippen LogP contribution in [0.1, 0.15) is 31.2 Å². The summed E-state index contributed by atoms with van der Waals surface area (Å²) in [4.78, 5) is 53.2. The number of nitrogens with zero attached hydrogens (tertiary/aromatic N) is 3. The Bertz CT molecular complexity index is 924. The van der Waals surface area contributed by atoms with Crippen LogP contribution in [-0.2, 0) is 24.9 Å². The van der Waals surface area contributed by atoms with E-state index in [-0.39, 0.29) is 24.5 Å². The van der Waals surface area contributed by atoms with Crippen molar-refractivity contribution in [2.24, 2.45) is 5.73 Å². The summed E-state index contributed by atoms with van der Waals surface area (Å²) >= 11 is 1.61. The second kappa shape index (κ2) is 10.9. The molecule has 4 rings (SSSR count). The summed E-state index contributed by atoms with van der Waals surface area (Å²) in [6, 6.07) is 9.25. The molecule has 2 amide bonds. The zero-order valence-corrected chi connectivity index (χ0v) is 19.8. The molecule has 0 bridgehead atoms. The summed E-state index contributed by atoms with van der Waals surface area (Å²) in [7, 11) is 0. The Hall–Kier alpha value is -2.47. The molecule has 0 saturated carbocycles. The van der Waals surface area contributed by atoms with Crippen LogP contribution in [-0.4, -0.2) is 93.2 Å². The Morgan fingerprint density at radius 2 is 1.82 bits per heavy atom. The number of likely N-dealkylation sites (tertiary alicyclic amines) is 1. The van der Waals surface area contributed by atoms with Crippen LogP contribution in [0.15, 0.2) is 30.3 Å². The van der Waals surface area contributed by atoms with Gasteiger partial charge in [0.05, 0.1) is 6.54 Å². The number of aliphatic carboxylic acids is 1. The third kappa shape index (κ3) is 5.60. The van der Waals surface area contributed by atoms with Crippen molar-refractivity contribution < 1.29 is 24.3 Å². The predicted molar refractivity (Wildman–Crippen MR) is 126 cm³/mol. The Labute approximate surface area is 202 Å². The van der Waals surface area contributed by atoms with E-state index < -0.39 is 29.9 Å². The molecule has 3 heterocycles. The van der Waals surface area contributed by atoms with Crippen LogP contribution in [0.3, 0.4) is 0 Å². The number of amides is 2. The van der Waals surface area contributed by atoms with Gasteiger partial charge in [0, 0.05) is 37.5 Å². The van der Waals surface area contributed by atoms with E-state index in [0.717, 1.165) is 5.75 Å². The highest BCUT2D eigenvalue weighted by molar-refractivity contribution is 7.96. The third-order valence-corrected chi connectivity index (χ3v) is 7.86. The number of hydrogen-bond acceptors (Lipinski definition) is 8. The molecule has 3 fully saturated rings. The standard InChI is InChI=1S/C23H31N5O5S/c24-16-8-10-26(11-9-16)21(20(30)23(32)33)25-22(31)18-7-6-17-12-27(13-19(29)28(17)18)34-14-15-4-2-1-3-5-15/h1-5,16-18,21H,6-14,24H2,(H,25,31)(H,32,33). The number of nitrogens with two attached hydrogens (primary N) is 1. The first kappa shape index (κ1) is 24.6. The highest BCUT2D eigenvalue weighted by Crippen LogP contribution is 2.32. The molecule has 1 aromatic carbocycles. The SMILES string of the molecule is NC1CCN(C(NC(=O)C2CCC3CN(SCc4ccccc4)CC(=O)N32)C(=O)C(=O)O)CC1. The van der Waals surface area contributed by atoms with Crippen LogP contribution in [0.5, 0.6) is 0 Å². The van der Waals surface area contributed by atoms with Crippen molar-refractivity contribution in [1.29, 1.82) is 0 Å². The molecular formula is C23H31N5O5S. The number of benzene rings is 1. The number of Topliss-reactive ketones (excluding diaryl/α,β-unsaturated/α-hetero) is 1. The van der Waals surface area contributed by atoms with E-state index in [1.165, 1.54) is 5.56 Å². The molecule has 3 aliphatic heterocycles. The van der Waals surface area contributed by atoms with Gasteiger partial charge < -0.3 is 21.1 Å². The van der Waals surface area contributed by atoms with Crippen molar-refractivity contribution in [3.8, 4) is 0 Å². The van der Waals surface area contributed by atoms with Crippen LogP contribution in [0.2, 0.25) is 0 Å². The van der Waals surface area contributed by atoms with Crippen LogP contribution in [0, 0.1) is 0 Å². The number of piperidine rings is 1. The molecule has 0 aromatic heterocycles. The van der Waals surface area contributed by atoms with E-state index in [1.807, 2.05) is 34.6 Å². The second-order valence-corrected chi connectivity index (χ2v) is 10.1. The molecule has 184 valence electrons. The van der Waals surface area contributed by atoms with Gasteiger partial charge in [0.25, 0.3) is 5.78 Å². The minimum atomic E-state index is -1.59. The van der Waals surface area contributed by atoms with Crippen molar-refractivity contribution in [3.63, 3.8) is 0 Å². The second-order valence-electron chi connectivity index (χ2n) is 9.08. The summed E-state index contributed by atoms with van der Waals surface area (Å²) in [5.74, 6) is -2.50. The maximum Gasteiger partial charge on any atom is 0.375 e. The Balaban J connectivity index is 1.37. The van der Waals surface area contributed by atoms with Crippen LogP contribution >= 0.6 is 11.9 Å². The summed E-state index contributed by atoms with van der Waals surface area (Å²) < 4.78 is 2.05. The summed E-state index contributed by atoms with van der Waals surface area (Å²) in [6.07, 6.45) is 1.15. The molecule has 0 radical (unpaired) electrons. The van der Waals surface area contributed by atoms with Crippen molar-refractivity contribution in [2.75, 3.05) is 26.2 Å². The van der Waals surface area contributed by atoms with Crippen LogP contribution in [0.25, 0.3) is 0 Å². The number of ketones is 1. The van der Waals surface area contributed by atoms with E-state index in [4.69, 9.17) is 5.73 Å². The minimum absolute atomic E-state index is 0.00296. The molecule has 34 heavy (non-hydrogen) atoms. The lowest BCUT2D eigenvalue weighted by molar-refractivity contribution is -0.154. The fourth-order valence-electron chi connectivity index (χ4n) is 4.92. The van der Waals surface area contributed by atoms with E-state index in [0.29, 0.717) is 45.3 Å². The zero-order valence-electron chi connectivity index (χ0n) is 19.0. The average molecular weight is 490 g/mol. The molecular weight excluding hydrogens is 458 g/mol. The summed E-state index contributed by atoms with van der Waals surface area (Å²) in [5.41, 5.74) is 7.10. The molecule has 11 heteroatoms. The van der Waals surface area contributed by atoms with Gasteiger partial charge in [-0.2, -0.15) is 0 Å². The van der Waals surface area contributed by atoms with E-state index in [9.17, 15) is 24.3 Å². The number of carboxylic acids is 1. The Morgan fingerprint density at radius 1 is 1.12 bits per heavy atom. The first-order valence-electron chi connectivity index (χ1n) is 11.6. The monoisotopic (exact) mass is 489 g/mol. The number of nitrogens with one attached hydrogen (secondary N) is 1. The smallest absolute Gasteiger partial charge is 0.375 e. The highest BCUT2D eigenvalue weighted by atomic mass is 32.2. The fraction of sp³-hybridized carbons (Fsp3) is 0.565. The lowest BCUT2D eigenvalue weighted by Crippen LogP contribution is -2.62. The molecule has 3 atom stereocenters. The van der Waals surface area contributed by atoms with Crippen molar-refractivity contribution in [3.05, 3.63) is 35.9 Å². The number of fused-ring (bicyclic) bond motifs is 1. The van der Waals surface area contributed by atoms with Gasteiger partial charge in [-0.3, -0.25) is 19.3 Å². The zero-order chi connectivity index (χ0) is 24.2. The Morgan fingerprint density at radius 3 is 2.50 bits per heavy atom. The maximum absolute atomic E-state index is 13.2. The molecule has 0 aliphatic carbocycles. The Kier molecular flexibility index (Phi) is 7.87. The van der Waals surface area contributed by atoms with E-state index in [2.05, 4.69) is 5.32 Å². The normalized spacial score (nSPS) is 25.1. The van der Waals surface area contributed by atoms with Gasteiger partial charge in [0.2, 0.25) is 11.8 Å². The van der Waals surface area contributed by atoms with E-state index in [1.54, 1.807) is 21.7 Å². The number of rotatable bonds is 8. The van der Waals surface area contributed by atoms with Gasteiger partial charge in [-0.15, -0.1) is 0 Å². The maximum atomic E-state index is 13.2. The van der Waals surface area contributed by atoms with Gasteiger partial charge in [-0.25, -0.2) is 9.10 Å². The average Bonchev–Trinajstić information content (AvgIpc) is 3.27.